The van der Waals surface area contributed by atoms with E-state index in [-0.39, 0.29) is 11.9 Å². The molecule has 1 atom stereocenters. The van der Waals surface area contributed by atoms with Crippen molar-refractivity contribution in [1.82, 2.24) is 29.3 Å². The molecule has 51 heavy (non-hydrogen) atoms. The van der Waals surface area contributed by atoms with Crippen molar-refractivity contribution >= 4 is 22.9 Å². The summed E-state index contributed by atoms with van der Waals surface area (Å²) in [6, 6.07) is 15.8. The number of para-hydroxylation sites is 2. The van der Waals surface area contributed by atoms with Gasteiger partial charge in [0.05, 0.1) is 38.9 Å². The number of H-pyrrole nitrogens is 1. The third kappa shape index (κ3) is 6.94. The number of aromatic amines is 1. The lowest BCUT2D eigenvalue weighted by atomic mass is 9.76. The van der Waals surface area contributed by atoms with Gasteiger partial charge in [0, 0.05) is 55.6 Å². The van der Waals surface area contributed by atoms with E-state index in [1.54, 1.807) is 29.3 Å². The van der Waals surface area contributed by atoms with Gasteiger partial charge in [-0.1, -0.05) is 18.2 Å². The quantitative estimate of drug-likeness (QED) is 0.167. The number of hydrogen-bond donors (Lipinski definition) is 2. The van der Waals surface area contributed by atoms with Crippen molar-refractivity contribution in [2.75, 3.05) is 59.4 Å². The number of piperidine rings is 1. The molecule has 0 spiro atoms. The van der Waals surface area contributed by atoms with Crippen LogP contribution in [0.1, 0.15) is 47.4 Å². The summed E-state index contributed by atoms with van der Waals surface area (Å²) < 4.78 is 47.3. The standard InChI is InChI=1S/C38H43F2N7O4/c1-49-32-20-25(21-33(50-2)35(32)51-3)36(48)46-19-13-38(24-46,26-8-9-28(39)29(40)22-26)12-18-45-16-10-27(11-17-45)43-37-44-30-6-4-5-7-31(30)47(37)23-34-41-14-15-42-34/h4-9,14-15,20-22,27H,10-13,16-19,23-24H2,1-3H3,(H,41,42)(H,43,44). The number of likely N-dealkylation sites (tertiary alicyclic amines) is 2. The molecule has 0 saturated carbocycles. The van der Waals surface area contributed by atoms with Gasteiger partial charge in [0.15, 0.2) is 23.1 Å². The predicted molar refractivity (Wildman–Crippen MR) is 190 cm³/mol. The van der Waals surface area contributed by atoms with Gasteiger partial charge in [-0.2, -0.15) is 0 Å². The molecule has 2 fully saturated rings. The van der Waals surface area contributed by atoms with Crippen LogP contribution in [0.2, 0.25) is 0 Å². The molecule has 2 saturated heterocycles. The molecule has 13 heteroatoms. The first kappa shape index (κ1) is 34.3. The Morgan fingerprint density at radius 2 is 1.75 bits per heavy atom. The zero-order valence-corrected chi connectivity index (χ0v) is 29.1. The Kier molecular flexibility index (Phi) is 9.81. The number of aromatic nitrogens is 4. The van der Waals surface area contributed by atoms with E-state index in [1.807, 2.05) is 24.4 Å². The molecule has 0 aliphatic carbocycles. The summed E-state index contributed by atoms with van der Waals surface area (Å²) in [6.07, 6.45) is 6.74. The zero-order valence-electron chi connectivity index (χ0n) is 29.1. The summed E-state index contributed by atoms with van der Waals surface area (Å²) in [5, 5.41) is 3.71. The summed E-state index contributed by atoms with van der Waals surface area (Å²) >= 11 is 0. The molecule has 1 amide bonds. The van der Waals surface area contributed by atoms with Gasteiger partial charge >= 0.3 is 0 Å². The van der Waals surface area contributed by atoms with Gasteiger partial charge in [-0.05, 0) is 74.2 Å². The molecule has 7 rings (SSSR count). The molecule has 11 nitrogen and oxygen atoms in total. The maximum Gasteiger partial charge on any atom is 0.254 e. The number of anilines is 1. The van der Waals surface area contributed by atoms with Crippen LogP contribution in [0.25, 0.3) is 11.0 Å². The summed E-state index contributed by atoms with van der Waals surface area (Å²) in [5.74, 6) is 0.908. The van der Waals surface area contributed by atoms with E-state index in [1.165, 1.54) is 33.5 Å². The summed E-state index contributed by atoms with van der Waals surface area (Å²) in [5.41, 5.74) is 2.54. The Hall–Kier alpha value is -5.17. The number of nitrogens with zero attached hydrogens (tertiary/aromatic N) is 5. The molecule has 1 unspecified atom stereocenters. The van der Waals surface area contributed by atoms with Crippen LogP contribution in [0.3, 0.4) is 0 Å². The predicted octanol–water partition coefficient (Wildman–Crippen LogP) is 5.86. The van der Waals surface area contributed by atoms with Gasteiger partial charge < -0.3 is 38.9 Å². The highest BCUT2D eigenvalue weighted by Crippen LogP contribution is 2.42. The van der Waals surface area contributed by atoms with Crippen molar-refractivity contribution in [2.45, 2.75) is 43.7 Å². The number of rotatable bonds is 12. The Morgan fingerprint density at radius 1 is 0.980 bits per heavy atom. The summed E-state index contributed by atoms with van der Waals surface area (Å²) in [4.78, 5) is 30.6. The molecule has 0 radical (unpaired) electrons. The number of nitrogens with one attached hydrogen (secondary N) is 2. The number of benzene rings is 3. The van der Waals surface area contributed by atoms with Crippen LogP contribution in [0.15, 0.2) is 67.0 Å². The van der Waals surface area contributed by atoms with Crippen LogP contribution >= 0.6 is 0 Å². The number of ether oxygens (including phenoxy) is 3. The van der Waals surface area contributed by atoms with Crippen LogP contribution in [0.4, 0.5) is 14.7 Å². The smallest absolute Gasteiger partial charge is 0.254 e. The van der Waals surface area contributed by atoms with Crippen molar-refractivity contribution in [1.29, 1.82) is 0 Å². The molecular formula is C38H43F2N7O4. The minimum Gasteiger partial charge on any atom is -0.493 e. The van der Waals surface area contributed by atoms with Crippen LogP contribution < -0.4 is 19.5 Å². The Morgan fingerprint density at radius 3 is 2.43 bits per heavy atom. The Bertz CT molecular complexity index is 1970. The second-order valence-electron chi connectivity index (χ2n) is 13.4. The van der Waals surface area contributed by atoms with E-state index in [0.717, 1.165) is 55.3 Å². The van der Waals surface area contributed by atoms with Crippen LogP contribution in [0, 0.1) is 11.6 Å². The first-order valence-electron chi connectivity index (χ1n) is 17.3. The molecule has 3 aromatic carbocycles. The highest BCUT2D eigenvalue weighted by atomic mass is 19.2. The third-order valence-corrected chi connectivity index (χ3v) is 10.4. The number of hydrogen-bond acceptors (Lipinski definition) is 8. The topological polar surface area (TPSA) is 110 Å². The lowest BCUT2D eigenvalue weighted by molar-refractivity contribution is 0.0779. The molecule has 0 bridgehead atoms. The molecule has 268 valence electrons. The number of carbonyl (C=O) groups is 1. The van der Waals surface area contributed by atoms with Crippen molar-refractivity contribution in [3.05, 3.63) is 95.6 Å². The zero-order chi connectivity index (χ0) is 35.5. The number of carbonyl (C=O) groups excluding carboxylic acids is 1. The number of halogens is 2. The fourth-order valence-electron chi connectivity index (χ4n) is 7.58. The second-order valence-corrected chi connectivity index (χ2v) is 13.4. The van der Waals surface area contributed by atoms with E-state index >= 15 is 0 Å². The number of amides is 1. The van der Waals surface area contributed by atoms with Crippen molar-refractivity contribution in [3.63, 3.8) is 0 Å². The molecule has 2 aromatic heterocycles. The van der Waals surface area contributed by atoms with Gasteiger partial charge in [0.2, 0.25) is 11.7 Å². The first-order chi connectivity index (χ1) is 24.8. The number of imidazole rings is 2. The molecule has 4 heterocycles. The normalized spacial score (nSPS) is 18.3. The average molecular weight is 700 g/mol. The van der Waals surface area contributed by atoms with Gasteiger partial charge in [-0.3, -0.25) is 4.79 Å². The summed E-state index contributed by atoms with van der Waals surface area (Å²) in [6.45, 7) is 3.93. The van der Waals surface area contributed by atoms with Crippen LogP contribution in [0.5, 0.6) is 17.2 Å². The van der Waals surface area contributed by atoms with E-state index < -0.39 is 17.0 Å². The lowest BCUT2D eigenvalue weighted by Gasteiger charge is -2.36. The first-order valence-corrected chi connectivity index (χ1v) is 17.3. The summed E-state index contributed by atoms with van der Waals surface area (Å²) in [7, 11) is 4.53. The van der Waals surface area contributed by atoms with E-state index in [0.29, 0.717) is 60.9 Å². The van der Waals surface area contributed by atoms with Gasteiger partial charge in [-0.25, -0.2) is 18.7 Å². The highest BCUT2D eigenvalue weighted by Gasteiger charge is 2.42. The Labute approximate surface area is 295 Å². The average Bonchev–Trinajstić information content (AvgIpc) is 3.92. The fraction of sp³-hybridized carbons (Fsp3) is 0.395. The monoisotopic (exact) mass is 699 g/mol. The maximum absolute atomic E-state index is 14.7. The SMILES string of the molecule is COc1cc(C(=O)N2CCC(CCN3CCC(Nc4nc5ccccc5n4Cc4ncc[nH]4)CC3)(c3ccc(F)c(F)c3)C2)cc(OC)c1OC. The Balaban J connectivity index is 1.04. The van der Waals surface area contributed by atoms with Gasteiger partial charge in [0.1, 0.15) is 5.82 Å². The molecule has 2 aliphatic heterocycles. The molecule has 5 aromatic rings. The van der Waals surface area contributed by atoms with E-state index in [9.17, 15) is 13.6 Å². The highest BCUT2D eigenvalue weighted by molar-refractivity contribution is 5.96. The van der Waals surface area contributed by atoms with Gasteiger partial charge in [-0.15, -0.1) is 0 Å². The number of methoxy groups -OCH3 is 3. The second kappa shape index (κ2) is 14.6. The minimum atomic E-state index is -0.885. The van der Waals surface area contributed by atoms with Crippen molar-refractivity contribution in [2.24, 2.45) is 0 Å². The maximum atomic E-state index is 14.7. The van der Waals surface area contributed by atoms with Crippen LogP contribution in [-0.4, -0.2) is 95.3 Å². The largest absolute Gasteiger partial charge is 0.493 e. The lowest BCUT2D eigenvalue weighted by Crippen LogP contribution is -2.42. The minimum absolute atomic E-state index is 0.191. The third-order valence-electron chi connectivity index (χ3n) is 10.4. The van der Waals surface area contributed by atoms with Gasteiger partial charge in [0.25, 0.3) is 5.91 Å². The fourth-order valence-corrected chi connectivity index (χ4v) is 7.58. The number of fused-ring (bicyclic) bond motifs is 1. The van der Waals surface area contributed by atoms with Crippen molar-refractivity contribution < 1.29 is 27.8 Å². The molecule has 2 N–H and O–H groups in total. The van der Waals surface area contributed by atoms with Crippen LogP contribution in [-0.2, 0) is 12.0 Å². The van der Waals surface area contributed by atoms with E-state index in [2.05, 4.69) is 30.8 Å². The molecule has 2 aliphatic rings. The van der Waals surface area contributed by atoms with E-state index in [4.69, 9.17) is 19.2 Å². The van der Waals surface area contributed by atoms with Crippen molar-refractivity contribution in [3.8, 4) is 17.2 Å². The molecular weight excluding hydrogens is 656 g/mol.